The van der Waals surface area contributed by atoms with Gasteiger partial charge in [0.2, 0.25) is 6.79 Å². The fourth-order valence-electron chi connectivity index (χ4n) is 3.73. The van der Waals surface area contributed by atoms with Crippen molar-refractivity contribution >= 4 is 34.9 Å². The number of nitrogens with one attached hydrogen (secondary N) is 1. The molecule has 1 aromatic carbocycles. The molecule has 0 saturated carbocycles. The molecule has 3 heterocycles. The number of amides is 3. The molecule has 190 valence electrons. The Bertz CT molecular complexity index is 1260. The number of primary amides is 1. The van der Waals surface area contributed by atoms with Gasteiger partial charge >= 0.3 is 0 Å². The zero-order valence-electron chi connectivity index (χ0n) is 19.9. The van der Waals surface area contributed by atoms with E-state index in [-0.39, 0.29) is 35.4 Å². The van der Waals surface area contributed by atoms with Crippen LogP contribution >= 0.6 is 11.5 Å². The minimum atomic E-state index is -1.12. The zero-order chi connectivity index (χ0) is 25.8. The molecule has 11 nitrogen and oxygen atoms in total. The highest BCUT2D eigenvalue weighted by Gasteiger charge is 2.36. The molecule has 0 spiro atoms. The molecule has 5 N–H and O–H groups in total. The molecule has 0 fully saturated rings. The standard InChI is InChI=1S/C24H27N5O6S/c1-13(2)7-8-27-23(31)20(16-4-3-9-33-16)29(11-14-5-6-15-17(10-14)35-12-34-15)24(32)21-18(25)19(22(26)30)28-36-21/h3-6,9-10,13,20H,7-8,11-12,25H2,1-2H3,(H2,26,30)(H,27,31). The van der Waals surface area contributed by atoms with E-state index in [1.807, 2.05) is 0 Å². The van der Waals surface area contributed by atoms with Crippen molar-refractivity contribution < 1.29 is 28.3 Å². The molecule has 3 amide bonds. The Kier molecular flexibility index (Phi) is 7.44. The van der Waals surface area contributed by atoms with Crippen molar-refractivity contribution in [1.82, 2.24) is 14.6 Å². The predicted molar refractivity (Wildman–Crippen MR) is 131 cm³/mol. The Balaban J connectivity index is 1.73. The summed E-state index contributed by atoms with van der Waals surface area (Å²) in [6.45, 7) is 4.63. The van der Waals surface area contributed by atoms with E-state index < -0.39 is 23.8 Å². The van der Waals surface area contributed by atoms with Crippen LogP contribution in [0.5, 0.6) is 11.5 Å². The van der Waals surface area contributed by atoms with Crippen molar-refractivity contribution in [2.45, 2.75) is 32.9 Å². The monoisotopic (exact) mass is 513 g/mol. The van der Waals surface area contributed by atoms with Crippen LogP contribution in [0.4, 0.5) is 5.69 Å². The summed E-state index contributed by atoms with van der Waals surface area (Å²) < 4.78 is 20.4. The summed E-state index contributed by atoms with van der Waals surface area (Å²) in [4.78, 5) is 40.3. The van der Waals surface area contributed by atoms with Crippen molar-refractivity contribution in [1.29, 1.82) is 0 Å². The number of furan rings is 1. The molecule has 0 saturated heterocycles. The lowest BCUT2D eigenvalue weighted by Crippen LogP contribution is -2.43. The SMILES string of the molecule is CC(C)CCNC(=O)C(c1ccco1)N(Cc1ccc2c(c1)OCO2)C(=O)c1snc(C(N)=O)c1N. The third-order valence-electron chi connectivity index (χ3n) is 5.60. The Morgan fingerprint density at radius 3 is 2.64 bits per heavy atom. The fraction of sp³-hybridized carbons (Fsp3) is 0.333. The van der Waals surface area contributed by atoms with Crippen LogP contribution in [0.1, 0.15) is 57.8 Å². The van der Waals surface area contributed by atoms with Gasteiger partial charge in [0.1, 0.15) is 10.6 Å². The van der Waals surface area contributed by atoms with Gasteiger partial charge in [-0.2, -0.15) is 4.37 Å². The molecule has 1 atom stereocenters. The van der Waals surface area contributed by atoms with E-state index in [1.54, 1.807) is 30.3 Å². The minimum Gasteiger partial charge on any atom is -0.467 e. The van der Waals surface area contributed by atoms with Gasteiger partial charge in [0, 0.05) is 13.1 Å². The second-order valence-electron chi connectivity index (χ2n) is 8.65. The van der Waals surface area contributed by atoms with Gasteiger partial charge in [0.05, 0.1) is 12.0 Å². The number of ether oxygens (including phenoxy) is 2. The number of fused-ring (bicyclic) bond motifs is 1. The van der Waals surface area contributed by atoms with E-state index in [0.717, 1.165) is 18.0 Å². The topological polar surface area (TPSA) is 163 Å². The summed E-state index contributed by atoms with van der Waals surface area (Å²) in [5.74, 6) is -0.104. The van der Waals surface area contributed by atoms with E-state index in [9.17, 15) is 14.4 Å². The highest BCUT2D eigenvalue weighted by atomic mass is 32.1. The fourth-order valence-corrected chi connectivity index (χ4v) is 4.49. The van der Waals surface area contributed by atoms with E-state index in [4.69, 9.17) is 25.4 Å². The first kappa shape index (κ1) is 25.0. The van der Waals surface area contributed by atoms with Crippen molar-refractivity contribution in [2.24, 2.45) is 11.7 Å². The molecular formula is C24H27N5O6S. The minimum absolute atomic E-state index is 0.00167. The van der Waals surface area contributed by atoms with E-state index in [0.29, 0.717) is 29.5 Å². The lowest BCUT2D eigenvalue weighted by molar-refractivity contribution is -0.126. The Hall–Kier alpha value is -4.06. The normalized spacial score (nSPS) is 13.0. The number of anilines is 1. The number of carbonyl (C=O) groups is 3. The van der Waals surface area contributed by atoms with Crippen LogP contribution in [0.15, 0.2) is 41.0 Å². The maximum absolute atomic E-state index is 13.8. The molecule has 0 radical (unpaired) electrons. The van der Waals surface area contributed by atoms with Gasteiger partial charge in [-0.05, 0) is 53.7 Å². The van der Waals surface area contributed by atoms with Gasteiger partial charge in [0.15, 0.2) is 23.2 Å². The third kappa shape index (κ3) is 5.28. The molecule has 1 unspecified atom stereocenters. The number of carbonyl (C=O) groups excluding carboxylic acids is 3. The maximum Gasteiger partial charge on any atom is 0.270 e. The average molecular weight is 514 g/mol. The van der Waals surface area contributed by atoms with Crippen LogP contribution in [0.25, 0.3) is 0 Å². The number of nitrogens with two attached hydrogens (primary N) is 2. The quantitative estimate of drug-likeness (QED) is 0.372. The summed E-state index contributed by atoms with van der Waals surface area (Å²) in [6, 6.07) is 7.38. The molecule has 36 heavy (non-hydrogen) atoms. The first-order valence-electron chi connectivity index (χ1n) is 11.3. The maximum atomic E-state index is 13.8. The van der Waals surface area contributed by atoms with Crippen molar-refractivity contribution in [2.75, 3.05) is 19.1 Å². The highest BCUT2D eigenvalue weighted by molar-refractivity contribution is 7.09. The van der Waals surface area contributed by atoms with E-state index >= 15 is 0 Å². The molecule has 1 aliphatic heterocycles. The Morgan fingerprint density at radius 2 is 1.97 bits per heavy atom. The number of hydrogen-bond acceptors (Lipinski definition) is 9. The summed E-state index contributed by atoms with van der Waals surface area (Å²) in [6.07, 6.45) is 2.19. The average Bonchev–Trinajstić information content (AvgIpc) is 3.59. The first-order valence-corrected chi connectivity index (χ1v) is 12.1. The molecule has 2 aromatic heterocycles. The lowest BCUT2D eigenvalue weighted by Gasteiger charge is -2.30. The van der Waals surface area contributed by atoms with Crippen LogP contribution in [0.2, 0.25) is 0 Å². The van der Waals surface area contributed by atoms with Crippen LogP contribution in [-0.4, -0.2) is 40.3 Å². The van der Waals surface area contributed by atoms with Crippen molar-refractivity contribution in [3.63, 3.8) is 0 Å². The van der Waals surface area contributed by atoms with Crippen LogP contribution in [-0.2, 0) is 11.3 Å². The summed E-state index contributed by atoms with van der Waals surface area (Å²) in [7, 11) is 0. The van der Waals surface area contributed by atoms with Gasteiger partial charge in [-0.1, -0.05) is 19.9 Å². The number of aromatic nitrogens is 1. The van der Waals surface area contributed by atoms with Gasteiger partial charge in [-0.25, -0.2) is 0 Å². The highest BCUT2D eigenvalue weighted by Crippen LogP contribution is 2.35. The molecule has 12 heteroatoms. The number of benzene rings is 1. The third-order valence-corrected chi connectivity index (χ3v) is 6.45. The van der Waals surface area contributed by atoms with Crippen LogP contribution in [0, 0.1) is 5.92 Å². The summed E-state index contributed by atoms with van der Waals surface area (Å²) in [5.41, 5.74) is 11.8. The molecule has 1 aliphatic rings. The Morgan fingerprint density at radius 1 is 1.19 bits per heavy atom. The largest absolute Gasteiger partial charge is 0.467 e. The number of nitrogens with zero attached hydrogens (tertiary/aromatic N) is 2. The van der Waals surface area contributed by atoms with Crippen molar-refractivity contribution in [3.05, 3.63) is 58.5 Å². The molecule has 0 bridgehead atoms. The summed E-state index contributed by atoms with van der Waals surface area (Å²) >= 11 is 0.746. The second-order valence-corrected chi connectivity index (χ2v) is 9.42. The predicted octanol–water partition coefficient (Wildman–Crippen LogP) is 2.69. The van der Waals surface area contributed by atoms with E-state index in [2.05, 4.69) is 23.5 Å². The molecular weight excluding hydrogens is 486 g/mol. The van der Waals surface area contributed by atoms with E-state index in [1.165, 1.54) is 11.2 Å². The summed E-state index contributed by atoms with van der Waals surface area (Å²) in [5, 5.41) is 2.90. The Labute approximate surface area is 211 Å². The van der Waals surface area contributed by atoms with Gasteiger partial charge in [-0.3, -0.25) is 14.4 Å². The second kappa shape index (κ2) is 10.7. The smallest absolute Gasteiger partial charge is 0.270 e. The van der Waals surface area contributed by atoms with Gasteiger partial charge < -0.3 is 35.6 Å². The number of nitrogen functional groups attached to an aromatic ring is 1. The zero-order valence-corrected chi connectivity index (χ0v) is 20.7. The lowest BCUT2D eigenvalue weighted by atomic mass is 10.1. The first-order chi connectivity index (χ1) is 17.3. The number of rotatable bonds is 10. The van der Waals surface area contributed by atoms with Gasteiger partial charge in [-0.15, -0.1) is 0 Å². The van der Waals surface area contributed by atoms with Crippen LogP contribution in [0.3, 0.4) is 0 Å². The van der Waals surface area contributed by atoms with Crippen LogP contribution < -0.4 is 26.3 Å². The van der Waals surface area contributed by atoms with Crippen molar-refractivity contribution in [3.8, 4) is 11.5 Å². The molecule has 0 aliphatic carbocycles. The molecule has 4 rings (SSSR count). The number of hydrogen-bond donors (Lipinski definition) is 3. The molecule has 3 aromatic rings. The van der Waals surface area contributed by atoms with Gasteiger partial charge in [0.25, 0.3) is 17.7 Å².